The van der Waals surface area contributed by atoms with Gasteiger partial charge in [-0.05, 0) is 29.8 Å². The number of rotatable bonds is 6. The first-order valence-corrected chi connectivity index (χ1v) is 7.18. The molecule has 9 nitrogen and oxygen atoms in total. The van der Waals surface area contributed by atoms with E-state index in [1.54, 1.807) is 0 Å². The van der Waals surface area contributed by atoms with Gasteiger partial charge in [-0.1, -0.05) is 0 Å². The Bertz CT molecular complexity index is 929. The van der Waals surface area contributed by atoms with Crippen LogP contribution in [0.4, 0.5) is 11.4 Å². The molecular formula is C17H13N3O6. The molecule has 2 rings (SSSR count). The van der Waals surface area contributed by atoms with Crippen molar-refractivity contribution in [2.75, 3.05) is 14.2 Å². The van der Waals surface area contributed by atoms with Crippen molar-refractivity contribution in [3.05, 3.63) is 67.8 Å². The predicted molar refractivity (Wildman–Crippen MR) is 92.8 cm³/mol. The van der Waals surface area contributed by atoms with Gasteiger partial charge in [-0.25, -0.2) is 0 Å². The van der Waals surface area contributed by atoms with Crippen LogP contribution in [0.25, 0.3) is 11.6 Å². The van der Waals surface area contributed by atoms with E-state index < -0.39 is 9.85 Å². The minimum Gasteiger partial charge on any atom is -0.493 e. The average molecular weight is 355 g/mol. The number of hydrogen-bond acceptors (Lipinski definition) is 7. The predicted octanol–water partition coefficient (Wildman–Crippen LogP) is 3.58. The van der Waals surface area contributed by atoms with Gasteiger partial charge in [0.25, 0.3) is 11.4 Å². The van der Waals surface area contributed by atoms with Crippen molar-refractivity contribution in [3.63, 3.8) is 0 Å². The summed E-state index contributed by atoms with van der Waals surface area (Å²) in [5, 5.41) is 31.5. The van der Waals surface area contributed by atoms with Crippen LogP contribution in [0.2, 0.25) is 0 Å². The maximum Gasteiger partial charge on any atom is 0.280 e. The minimum atomic E-state index is -0.599. The number of nitrogens with zero attached hydrogens (tertiary/aromatic N) is 3. The van der Waals surface area contributed by atoms with Gasteiger partial charge in [-0.3, -0.25) is 20.2 Å². The summed E-state index contributed by atoms with van der Waals surface area (Å²) in [5.41, 5.74) is 0.250. The van der Waals surface area contributed by atoms with Gasteiger partial charge < -0.3 is 9.47 Å². The molecule has 0 aliphatic carbocycles. The van der Waals surface area contributed by atoms with Crippen LogP contribution in [0, 0.1) is 31.6 Å². The van der Waals surface area contributed by atoms with Crippen molar-refractivity contribution < 1.29 is 19.3 Å². The maximum absolute atomic E-state index is 11.3. The highest BCUT2D eigenvalue weighted by Gasteiger charge is 2.19. The zero-order chi connectivity index (χ0) is 19.3. The third-order valence-corrected chi connectivity index (χ3v) is 3.54. The lowest BCUT2D eigenvalue weighted by Gasteiger charge is -2.09. The second-order valence-electron chi connectivity index (χ2n) is 5.00. The molecule has 0 radical (unpaired) electrons. The molecule has 26 heavy (non-hydrogen) atoms. The minimum absolute atomic E-state index is 0.107. The van der Waals surface area contributed by atoms with Crippen molar-refractivity contribution in [1.82, 2.24) is 0 Å². The molecule has 0 saturated heterocycles. The first-order chi connectivity index (χ1) is 12.4. The van der Waals surface area contributed by atoms with Crippen LogP contribution in [-0.4, -0.2) is 24.1 Å². The summed E-state index contributed by atoms with van der Waals surface area (Å²) < 4.78 is 10.2. The number of nitro benzene ring substituents is 2. The molecular weight excluding hydrogens is 342 g/mol. The van der Waals surface area contributed by atoms with E-state index >= 15 is 0 Å². The normalized spacial score (nSPS) is 10.7. The summed E-state index contributed by atoms with van der Waals surface area (Å²) in [4.78, 5) is 20.9. The first-order valence-electron chi connectivity index (χ1n) is 7.18. The van der Waals surface area contributed by atoms with E-state index in [-0.39, 0.29) is 34.0 Å². The third-order valence-electron chi connectivity index (χ3n) is 3.54. The molecule has 0 bridgehead atoms. The number of methoxy groups -OCH3 is 2. The Morgan fingerprint density at radius 2 is 1.62 bits per heavy atom. The molecule has 132 valence electrons. The molecule has 0 heterocycles. The lowest BCUT2D eigenvalue weighted by molar-refractivity contribution is -0.385. The Kier molecular flexibility index (Phi) is 5.49. The van der Waals surface area contributed by atoms with Gasteiger partial charge in [0.15, 0.2) is 11.5 Å². The molecule has 9 heteroatoms. The lowest BCUT2D eigenvalue weighted by atomic mass is 10.0. The third kappa shape index (κ3) is 3.76. The summed E-state index contributed by atoms with van der Waals surface area (Å²) in [7, 11) is 2.74. The molecule has 0 fully saturated rings. The standard InChI is InChI=1S/C17H13N3O6/c1-25-16-8-12(15(20(23)24)9-17(16)26-2)7-13(10-18)11-3-5-14(6-4-11)19(21)22/h3-9H,1-2H3/b13-7+. The van der Waals surface area contributed by atoms with Crippen LogP contribution < -0.4 is 9.47 Å². The fourth-order valence-electron chi connectivity index (χ4n) is 2.26. The quantitative estimate of drug-likeness (QED) is 0.335. The van der Waals surface area contributed by atoms with Crippen molar-refractivity contribution >= 4 is 23.0 Å². The zero-order valence-corrected chi connectivity index (χ0v) is 13.8. The second-order valence-corrected chi connectivity index (χ2v) is 5.00. The highest BCUT2D eigenvalue weighted by molar-refractivity contribution is 5.91. The summed E-state index contributed by atoms with van der Waals surface area (Å²) in [5.74, 6) is 0.454. The van der Waals surface area contributed by atoms with E-state index in [4.69, 9.17) is 9.47 Å². The lowest BCUT2D eigenvalue weighted by Crippen LogP contribution is -1.97. The fourth-order valence-corrected chi connectivity index (χ4v) is 2.26. The zero-order valence-electron chi connectivity index (χ0n) is 13.8. The molecule has 0 amide bonds. The van der Waals surface area contributed by atoms with E-state index in [1.165, 1.54) is 56.7 Å². The van der Waals surface area contributed by atoms with Gasteiger partial charge in [-0.15, -0.1) is 0 Å². The Hall–Kier alpha value is -3.93. The van der Waals surface area contributed by atoms with E-state index in [9.17, 15) is 25.5 Å². The summed E-state index contributed by atoms with van der Waals surface area (Å²) in [6, 6.07) is 9.85. The van der Waals surface area contributed by atoms with Gasteiger partial charge >= 0.3 is 0 Å². The molecule has 0 saturated carbocycles. The van der Waals surface area contributed by atoms with Crippen molar-refractivity contribution in [2.45, 2.75) is 0 Å². The van der Waals surface area contributed by atoms with Crippen LogP contribution >= 0.6 is 0 Å². The molecule has 0 aromatic heterocycles. The van der Waals surface area contributed by atoms with Crippen LogP contribution in [0.1, 0.15) is 11.1 Å². The number of nitro groups is 2. The molecule has 2 aromatic rings. The molecule has 2 aromatic carbocycles. The summed E-state index contributed by atoms with van der Waals surface area (Å²) in [6.07, 6.45) is 1.32. The van der Waals surface area contributed by atoms with E-state index in [1.807, 2.05) is 6.07 Å². The number of hydrogen-bond donors (Lipinski definition) is 0. The van der Waals surface area contributed by atoms with Crippen LogP contribution in [0.15, 0.2) is 36.4 Å². The van der Waals surface area contributed by atoms with Gasteiger partial charge in [0.1, 0.15) is 0 Å². The Labute approximate surface area is 148 Å². The Balaban J connectivity index is 2.59. The number of nitriles is 1. The van der Waals surface area contributed by atoms with Gasteiger partial charge in [0, 0.05) is 12.1 Å². The molecule has 0 N–H and O–H groups in total. The highest BCUT2D eigenvalue weighted by Crippen LogP contribution is 2.36. The molecule has 0 atom stereocenters. The molecule has 0 aliphatic rings. The number of ether oxygens (including phenoxy) is 2. The summed E-state index contributed by atoms with van der Waals surface area (Å²) in [6.45, 7) is 0. The number of non-ortho nitro benzene ring substituents is 1. The van der Waals surface area contributed by atoms with Crippen LogP contribution in [0.3, 0.4) is 0 Å². The smallest absolute Gasteiger partial charge is 0.280 e. The van der Waals surface area contributed by atoms with E-state index in [2.05, 4.69) is 0 Å². The number of benzene rings is 2. The van der Waals surface area contributed by atoms with E-state index in [0.717, 1.165) is 0 Å². The maximum atomic E-state index is 11.3. The average Bonchev–Trinajstić information content (AvgIpc) is 2.65. The monoisotopic (exact) mass is 355 g/mol. The topological polar surface area (TPSA) is 129 Å². The number of allylic oxidation sites excluding steroid dienone is 1. The Morgan fingerprint density at radius 3 is 2.08 bits per heavy atom. The van der Waals surface area contributed by atoms with Gasteiger partial charge in [0.2, 0.25) is 0 Å². The van der Waals surface area contributed by atoms with Crippen molar-refractivity contribution in [1.29, 1.82) is 5.26 Å². The second kappa shape index (κ2) is 7.76. The molecule has 0 unspecified atom stereocenters. The fraction of sp³-hybridized carbons (Fsp3) is 0.118. The van der Waals surface area contributed by atoms with Crippen LogP contribution in [-0.2, 0) is 0 Å². The largest absolute Gasteiger partial charge is 0.493 e. The Morgan fingerprint density at radius 1 is 1.04 bits per heavy atom. The van der Waals surface area contributed by atoms with Gasteiger partial charge in [-0.2, -0.15) is 5.26 Å². The van der Waals surface area contributed by atoms with E-state index in [0.29, 0.717) is 5.56 Å². The van der Waals surface area contributed by atoms with Crippen molar-refractivity contribution in [2.24, 2.45) is 0 Å². The van der Waals surface area contributed by atoms with Gasteiger partial charge in [0.05, 0.1) is 47.3 Å². The first kappa shape index (κ1) is 18.4. The van der Waals surface area contributed by atoms with Crippen LogP contribution in [0.5, 0.6) is 11.5 Å². The SMILES string of the molecule is COc1cc(/C=C(\C#N)c2ccc([N+](=O)[O-])cc2)c([N+](=O)[O-])cc1OC. The highest BCUT2D eigenvalue weighted by atomic mass is 16.6. The molecule has 0 aliphatic heterocycles. The van der Waals surface area contributed by atoms with Crippen molar-refractivity contribution in [3.8, 4) is 17.6 Å². The summed E-state index contributed by atoms with van der Waals surface area (Å²) >= 11 is 0. The molecule has 0 spiro atoms.